The Bertz CT molecular complexity index is 584. The zero-order chi connectivity index (χ0) is 16.4. The van der Waals surface area contributed by atoms with Gasteiger partial charge in [-0.1, -0.05) is 23.7 Å². The lowest BCUT2D eigenvalue weighted by Gasteiger charge is -2.36. The molecule has 2 heterocycles. The molecular formula is C16H19ClN2O4. The van der Waals surface area contributed by atoms with Gasteiger partial charge in [-0.05, 0) is 37.0 Å². The normalized spacial score (nSPS) is 22.3. The minimum Gasteiger partial charge on any atom is -0.465 e. The summed E-state index contributed by atoms with van der Waals surface area (Å²) in [7, 11) is 0. The van der Waals surface area contributed by atoms with Gasteiger partial charge < -0.3 is 14.7 Å². The average molecular weight is 339 g/mol. The number of rotatable bonds is 3. The third kappa shape index (κ3) is 3.52. The molecule has 2 aliphatic heterocycles. The van der Waals surface area contributed by atoms with Gasteiger partial charge in [-0.15, -0.1) is 0 Å². The first-order valence-corrected chi connectivity index (χ1v) is 8.10. The van der Waals surface area contributed by atoms with Crippen molar-refractivity contribution < 1.29 is 19.4 Å². The van der Waals surface area contributed by atoms with Crippen molar-refractivity contribution in [2.45, 2.75) is 31.3 Å². The van der Waals surface area contributed by atoms with Crippen LogP contribution in [0.2, 0.25) is 5.02 Å². The molecule has 6 nitrogen and oxygen atoms in total. The Morgan fingerprint density at radius 3 is 2.52 bits per heavy atom. The Morgan fingerprint density at radius 1 is 1.26 bits per heavy atom. The molecule has 0 aromatic heterocycles. The Hall–Kier alpha value is -1.95. The Kier molecular flexibility index (Phi) is 4.61. The number of amides is 2. The molecule has 124 valence electrons. The van der Waals surface area contributed by atoms with Crippen molar-refractivity contribution >= 4 is 23.8 Å². The molecule has 0 bridgehead atoms. The second-order valence-corrected chi connectivity index (χ2v) is 6.41. The highest BCUT2D eigenvalue weighted by Gasteiger charge is 2.39. The number of carbonyl (C=O) groups excluding carboxylic acids is 1. The maximum Gasteiger partial charge on any atom is 0.410 e. The van der Waals surface area contributed by atoms with Crippen molar-refractivity contribution in [1.82, 2.24) is 9.80 Å². The molecule has 1 unspecified atom stereocenters. The van der Waals surface area contributed by atoms with Crippen LogP contribution in [0.4, 0.5) is 9.59 Å². The van der Waals surface area contributed by atoms with Crippen molar-refractivity contribution in [2.24, 2.45) is 0 Å². The van der Waals surface area contributed by atoms with E-state index < -0.39 is 6.09 Å². The van der Waals surface area contributed by atoms with E-state index in [4.69, 9.17) is 21.4 Å². The van der Waals surface area contributed by atoms with Crippen LogP contribution in [0.3, 0.4) is 0 Å². The van der Waals surface area contributed by atoms with Crippen LogP contribution in [-0.2, 0) is 11.2 Å². The van der Waals surface area contributed by atoms with Crippen LogP contribution in [0.1, 0.15) is 18.4 Å². The summed E-state index contributed by atoms with van der Waals surface area (Å²) in [6.07, 6.45) is 0.821. The number of benzene rings is 1. The second kappa shape index (κ2) is 6.66. The SMILES string of the molecule is O=C(O)N1CCC(N2C(=O)OCC2Cc2ccc(Cl)cc2)CC1. The molecule has 0 spiro atoms. The molecular weight excluding hydrogens is 320 g/mol. The van der Waals surface area contributed by atoms with Crippen molar-refractivity contribution in [2.75, 3.05) is 19.7 Å². The molecule has 23 heavy (non-hydrogen) atoms. The molecule has 7 heteroatoms. The van der Waals surface area contributed by atoms with E-state index in [9.17, 15) is 9.59 Å². The Labute approximate surface area is 139 Å². The van der Waals surface area contributed by atoms with Crippen molar-refractivity contribution in [1.29, 1.82) is 0 Å². The summed E-state index contributed by atoms with van der Waals surface area (Å²) in [4.78, 5) is 26.3. The zero-order valence-electron chi connectivity index (χ0n) is 12.7. The van der Waals surface area contributed by atoms with Gasteiger partial charge in [-0.2, -0.15) is 0 Å². The Balaban J connectivity index is 1.66. The third-order valence-electron chi connectivity index (χ3n) is 4.52. The highest BCUT2D eigenvalue weighted by Crippen LogP contribution is 2.26. The van der Waals surface area contributed by atoms with Gasteiger partial charge in [0.1, 0.15) is 6.61 Å². The fourth-order valence-electron chi connectivity index (χ4n) is 3.30. The van der Waals surface area contributed by atoms with Crippen LogP contribution in [0.15, 0.2) is 24.3 Å². The van der Waals surface area contributed by atoms with Crippen LogP contribution in [0.25, 0.3) is 0 Å². The molecule has 1 atom stereocenters. The summed E-state index contributed by atoms with van der Waals surface area (Å²) >= 11 is 5.90. The van der Waals surface area contributed by atoms with Crippen LogP contribution in [-0.4, -0.2) is 58.9 Å². The van der Waals surface area contributed by atoms with E-state index in [1.54, 1.807) is 4.90 Å². The van der Waals surface area contributed by atoms with Crippen LogP contribution in [0, 0.1) is 0 Å². The number of likely N-dealkylation sites (tertiary alicyclic amines) is 1. The zero-order valence-corrected chi connectivity index (χ0v) is 13.4. The smallest absolute Gasteiger partial charge is 0.410 e. The fourth-order valence-corrected chi connectivity index (χ4v) is 3.43. The third-order valence-corrected chi connectivity index (χ3v) is 4.77. The summed E-state index contributed by atoms with van der Waals surface area (Å²) < 4.78 is 5.23. The van der Waals surface area contributed by atoms with Gasteiger partial charge in [0.15, 0.2) is 0 Å². The van der Waals surface area contributed by atoms with Gasteiger partial charge in [-0.3, -0.25) is 4.90 Å². The van der Waals surface area contributed by atoms with Crippen molar-refractivity contribution in [3.63, 3.8) is 0 Å². The number of carboxylic acid groups (broad SMARTS) is 1. The molecule has 1 N–H and O–H groups in total. The lowest BCUT2D eigenvalue weighted by molar-refractivity contribution is 0.0966. The van der Waals surface area contributed by atoms with Crippen LogP contribution in [0.5, 0.6) is 0 Å². The number of hydrogen-bond donors (Lipinski definition) is 1. The van der Waals surface area contributed by atoms with E-state index in [-0.39, 0.29) is 18.2 Å². The van der Waals surface area contributed by atoms with Crippen LogP contribution < -0.4 is 0 Å². The molecule has 1 aromatic carbocycles. The molecule has 0 aliphatic carbocycles. The summed E-state index contributed by atoms with van der Waals surface area (Å²) in [5.41, 5.74) is 1.10. The molecule has 0 radical (unpaired) electrons. The van der Waals surface area contributed by atoms with E-state index in [2.05, 4.69) is 0 Å². The lowest BCUT2D eigenvalue weighted by Crippen LogP contribution is -2.50. The summed E-state index contributed by atoms with van der Waals surface area (Å²) in [6.45, 7) is 1.29. The number of hydrogen-bond acceptors (Lipinski definition) is 3. The highest BCUT2D eigenvalue weighted by molar-refractivity contribution is 6.30. The summed E-state index contributed by atoms with van der Waals surface area (Å²) in [5.74, 6) is 0. The second-order valence-electron chi connectivity index (χ2n) is 5.97. The molecule has 1 aromatic rings. The molecule has 2 saturated heterocycles. The van der Waals surface area contributed by atoms with Crippen molar-refractivity contribution in [3.05, 3.63) is 34.9 Å². The first-order chi connectivity index (χ1) is 11.0. The summed E-state index contributed by atoms with van der Waals surface area (Å²) in [5, 5.41) is 9.71. The number of nitrogens with zero attached hydrogens (tertiary/aromatic N) is 2. The molecule has 2 aliphatic rings. The maximum atomic E-state index is 12.1. The van der Waals surface area contributed by atoms with Gasteiger partial charge >= 0.3 is 12.2 Å². The van der Waals surface area contributed by atoms with Gasteiger partial charge in [0.05, 0.1) is 6.04 Å². The standard InChI is InChI=1S/C16H19ClN2O4/c17-12-3-1-11(2-4-12)9-14-10-23-16(22)19(14)13-5-7-18(8-6-13)15(20)21/h1-4,13-14H,5-10H2,(H,20,21). The molecule has 3 rings (SSSR count). The monoisotopic (exact) mass is 338 g/mol. The van der Waals surface area contributed by atoms with Crippen molar-refractivity contribution in [3.8, 4) is 0 Å². The number of piperidine rings is 1. The van der Waals surface area contributed by atoms with Crippen LogP contribution >= 0.6 is 11.6 Å². The topological polar surface area (TPSA) is 70.1 Å². The number of carbonyl (C=O) groups is 2. The first-order valence-electron chi connectivity index (χ1n) is 7.72. The predicted octanol–water partition coefficient (Wildman–Crippen LogP) is 2.85. The van der Waals surface area contributed by atoms with Gasteiger partial charge in [0.25, 0.3) is 0 Å². The quantitative estimate of drug-likeness (QED) is 0.920. The largest absolute Gasteiger partial charge is 0.465 e. The Morgan fingerprint density at radius 2 is 1.91 bits per heavy atom. The summed E-state index contributed by atoms with van der Waals surface area (Å²) in [6, 6.07) is 7.61. The van der Waals surface area contributed by atoms with Gasteiger partial charge in [0, 0.05) is 24.2 Å². The first kappa shape index (κ1) is 15.9. The van der Waals surface area contributed by atoms with E-state index in [1.807, 2.05) is 24.3 Å². The minimum atomic E-state index is -0.898. The molecule has 2 amide bonds. The molecule has 0 saturated carbocycles. The minimum absolute atomic E-state index is 0.00921. The van der Waals surface area contributed by atoms with E-state index in [0.717, 1.165) is 5.56 Å². The maximum absolute atomic E-state index is 12.1. The average Bonchev–Trinajstić information content (AvgIpc) is 2.90. The predicted molar refractivity (Wildman–Crippen MR) is 84.8 cm³/mol. The number of halogens is 1. The van der Waals surface area contributed by atoms with Gasteiger partial charge in [0.2, 0.25) is 0 Å². The molecule has 2 fully saturated rings. The number of ether oxygens (including phenoxy) is 1. The lowest BCUT2D eigenvalue weighted by atomic mass is 9.99. The van der Waals surface area contributed by atoms with E-state index in [0.29, 0.717) is 44.0 Å². The van der Waals surface area contributed by atoms with E-state index >= 15 is 0 Å². The number of cyclic esters (lactones) is 1. The fraction of sp³-hybridized carbons (Fsp3) is 0.500. The van der Waals surface area contributed by atoms with E-state index in [1.165, 1.54) is 4.90 Å². The van der Waals surface area contributed by atoms with Gasteiger partial charge in [-0.25, -0.2) is 9.59 Å². The highest BCUT2D eigenvalue weighted by atomic mass is 35.5.